The standard InChI is InChI=1S/C24H31BrN2O5/c1-2-31-17-32-16-22(26-23(28)19-11-13-21(25)14-12-19)15-20(24(29)27-30)10-6-9-18-7-4-3-5-8-18/h3-5,7-8,11-14,20,22,30H,2,6,9-10,15-17H2,1H3,(H,26,28)(H,27,29). The van der Waals surface area contributed by atoms with Crippen molar-refractivity contribution in [3.8, 4) is 0 Å². The van der Waals surface area contributed by atoms with Gasteiger partial charge >= 0.3 is 0 Å². The molecule has 0 saturated carbocycles. The molecule has 0 aliphatic heterocycles. The Kier molecular flexibility index (Phi) is 12.0. The highest BCUT2D eigenvalue weighted by molar-refractivity contribution is 9.10. The number of aryl methyl sites for hydroxylation is 1. The second-order valence-electron chi connectivity index (χ2n) is 7.45. The molecule has 2 amide bonds. The van der Waals surface area contributed by atoms with Crippen molar-refractivity contribution in [1.29, 1.82) is 0 Å². The largest absolute Gasteiger partial charge is 0.356 e. The SMILES string of the molecule is CCOCOCC(CC(CCCc1ccccc1)C(=O)NO)NC(=O)c1ccc(Br)cc1. The smallest absolute Gasteiger partial charge is 0.251 e. The summed E-state index contributed by atoms with van der Waals surface area (Å²) in [5, 5.41) is 12.2. The fourth-order valence-corrected chi connectivity index (χ4v) is 3.62. The molecule has 2 aromatic carbocycles. The molecule has 8 heteroatoms. The summed E-state index contributed by atoms with van der Waals surface area (Å²) in [6, 6.07) is 16.6. The molecule has 3 N–H and O–H groups in total. The Morgan fingerprint density at radius 1 is 1.06 bits per heavy atom. The van der Waals surface area contributed by atoms with Gasteiger partial charge in [-0.3, -0.25) is 14.8 Å². The third-order valence-corrected chi connectivity index (χ3v) is 5.57. The third-order valence-electron chi connectivity index (χ3n) is 5.04. The molecule has 0 aliphatic carbocycles. The molecule has 0 aromatic heterocycles. The zero-order valence-corrected chi connectivity index (χ0v) is 19.8. The van der Waals surface area contributed by atoms with Gasteiger partial charge in [0.1, 0.15) is 6.79 Å². The molecule has 0 radical (unpaired) electrons. The fourth-order valence-electron chi connectivity index (χ4n) is 3.36. The summed E-state index contributed by atoms with van der Waals surface area (Å²) >= 11 is 3.36. The molecule has 0 fully saturated rings. The molecule has 2 unspecified atom stereocenters. The van der Waals surface area contributed by atoms with Crippen LogP contribution in [0.1, 0.15) is 42.1 Å². The Morgan fingerprint density at radius 3 is 2.44 bits per heavy atom. The number of amides is 2. The summed E-state index contributed by atoms with van der Waals surface area (Å²) in [6.07, 6.45) is 2.50. The number of nitrogens with one attached hydrogen (secondary N) is 2. The van der Waals surface area contributed by atoms with E-state index in [-0.39, 0.29) is 19.3 Å². The van der Waals surface area contributed by atoms with Gasteiger partial charge in [-0.1, -0.05) is 46.3 Å². The molecule has 2 atom stereocenters. The second kappa shape index (κ2) is 14.7. The maximum Gasteiger partial charge on any atom is 0.251 e. The molecule has 0 saturated heterocycles. The number of carbonyl (C=O) groups excluding carboxylic acids is 2. The average molecular weight is 507 g/mol. The van der Waals surface area contributed by atoms with E-state index in [0.717, 1.165) is 17.3 Å². The van der Waals surface area contributed by atoms with Gasteiger partial charge in [0.15, 0.2) is 0 Å². The first-order chi connectivity index (χ1) is 15.5. The lowest BCUT2D eigenvalue weighted by molar-refractivity contribution is -0.134. The Morgan fingerprint density at radius 2 is 1.78 bits per heavy atom. The quantitative estimate of drug-likeness (QED) is 0.155. The first-order valence-corrected chi connectivity index (χ1v) is 11.5. The lowest BCUT2D eigenvalue weighted by Crippen LogP contribution is -2.42. The van der Waals surface area contributed by atoms with E-state index in [1.54, 1.807) is 29.7 Å². The minimum atomic E-state index is -0.477. The van der Waals surface area contributed by atoms with Crippen molar-refractivity contribution < 1.29 is 24.3 Å². The summed E-state index contributed by atoms with van der Waals surface area (Å²) in [4.78, 5) is 25.0. The van der Waals surface area contributed by atoms with Crippen LogP contribution in [0.4, 0.5) is 0 Å². The molecule has 7 nitrogen and oxygen atoms in total. The zero-order chi connectivity index (χ0) is 23.2. The maximum atomic E-state index is 12.7. The van der Waals surface area contributed by atoms with Crippen LogP contribution in [0.25, 0.3) is 0 Å². The van der Waals surface area contributed by atoms with Crippen LogP contribution in [-0.4, -0.2) is 43.1 Å². The number of hydroxylamine groups is 1. The number of carbonyl (C=O) groups is 2. The number of ether oxygens (including phenoxy) is 2. The van der Waals surface area contributed by atoms with E-state index in [4.69, 9.17) is 9.47 Å². The van der Waals surface area contributed by atoms with Crippen LogP contribution < -0.4 is 10.8 Å². The van der Waals surface area contributed by atoms with Gasteiger partial charge in [-0.05, 0) is 62.4 Å². The Bertz CT molecular complexity index is 817. The number of rotatable bonds is 14. The Hall–Kier alpha value is -2.26. The van der Waals surface area contributed by atoms with Crippen molar-refractivity contribution in [3.63, 3.8) is 0 Å². The normalized spacial score (nSPS) is 12.7. The molecule has 2 rings (SSSR count). The average Bonchev–Trinajstić information content (AvgIpc) is 2.81. The van der Waals surface area contributed by atoms with Gasteiger partial charge in [-0.25, -0.2) is 5.48 Å². The van der Waals surface area contributed by atoms with Crippen LogP contribution in [0, 0.1) is 5.92 Å². The number of benzene rings is 2. The topological polar surface area (TPSA) is 96.9 Å². The molecule has 2 aromatic rings. The van der Waals surface area contributed by atoms with Crippen molar-refractivity contribution in [2.45, 2.75) is 38.6 Å². The van der Waals surface area contributed by atoms with E-state index in [1.807, 2.05) is 37.3 Å². The van der Waals surface area contributed by atoms with Crippen molar-refractivity contribution in [1.82, 2.24) is 10.8 Å². The van der Waals surface area contributed by atoms with E-state index in [1.165, 1.54) is 5.56 Å². The van der Waals surface area contributed by atoms with Crippen LogP contribution in [-0.2, 0) is 20.7 Å². The maximum absolute atomic E-state index is 12.7. The molecular formula is C24H31BrN2O5. The fraction of sp³-hybridized carbons (Fsp3) is 0.417. The lowest BCUT2D eigenvalue weighted by Gasteiger charge is -2.23. The van der Waals surface area contributed by atoms with Gasteiger partial charge in [0, 0.05) is 22.6 Å². The molecule has 0 spiro atoms. The van der Waals surface area contributed by atoms with Crippen molar-refractivity contribution in [3.05, 3.63) is 70.2 Å². The number of hydrogen-bond donors (Lipinski definition) is 3. The van der Waals surface area contributed by atoms with Crippen molar-refractivity contribution in [2.24, 2.45) is 5.92 Å². The first-order valence-electron chi connectivity index (χ1n) is 10.7. The van der Waals surface area contributed by atoms with Crippen LogP contribution in [0.2, 0.25) is 0 Å². The highest BCUT2D eigenvalue weighted by Crippen LogP contribution is 2.18. The number of hydrogen-bond acceptors (Lipinski definition) is 5. The van der Waals surface area contributed by atoms with Gasteiger partial charge in [-0.15, -0.1) is 0 Å². The minimum absolute atomic E-state index is 0.103. The summed E-state index contributed by atoms with van der Waals surface area (Å²) in [6.45, 7) is 2.68. The molecule has 32 heavy (non-hydrogen) atoms. The highest BCUT2D eigenvalue weighted by atomic mass is 79.9. The van der Waals surface area contributed by atoms with Crippen LogP contribution in [0.15, 0.2) is 59.1 Å². The second-order valence-corrected chi connectivity index (χ2v) is 8.36. The van der Waals surface area contributed by atoms with Gasteiger partial charge in [0.2, 0.25) is 5.91 Å². The van der Waals surface area contributed by atoms with E-state index in [9.17, 15) is 14.8 Å². The van der Waals surface area contributed by atoms with Gasteiger partial charge in [-0.2, -0.15) is 0 Å². The summed E-state index contributed by atoms with van der Waals surface area (Å²) in [5.41, 5.74) is 3.46. The van der Waals surface area contributed by atoms with E-state index in [2.05, 4.69) is 21.2 Å². The van der Waals surface area contributed by atoms with Gasteiger partial charge < -0.3 is 14.8 Å². The van der Waals surface area contributed by atoms with E-state index in [0.29, 0.717) is 25.0 Å². The zero-order valence-electron chi connectivity index (χ0n) is 18.3. The van der Waals surface area contributed by atoms with Crippen molar-refractivity contribution in [2.75, 3.05) is 20.0 Å². The van der Waals surface area contributed by atoms with Crippen LogP contribution in [0.3, 0.4) is 0 Å². The highest BCUT2D eigenvalue weighted by Gasteiger charge is 2.24. The predicted octanol–water partition coefficient (Wildman–Crippen LogP) is 4.09. The first kappa shape index (κ1) is 26.0. The summed E-state index contributed by atoms with van der Waals surface area (Å²) < 4.78 is 11.6. The Balaban J connectivity index is 2.01. The van der Waals surface area contributed by atoms with E-state index >= 15 is 0 Å². The third kappa shape index (κ3) is 9.48. The summed E-state index contributed by atoms with van der Waals surface area (Å²) in [5.74, 6) is -1.20. The lowest BCUT2D eigenvalue weighted by atomic mass is 9.92. The van der Waals surface area contributed by atoms with Gasteiger partial charge in [0.25, 0.3) is 5.91 Å². The molecule has 174 valence electrons. The minimum Gasteiger partial charge on any atom is -0.356 e. The van der Waals surface area contributed by atoms with Crippen LogP contribution in [0.5, 0.6) is 0 Å². The van der Waals surface area contributed by atoms with E-state index < -0.39 is 17.9 Å². The molecule has 0 heterocycles. The molecular weight excluding hydrogens is 476 g/mol. The van der Waals surface area contributed by atoms with Crippen LogP contribution >= 0.6 is 15.9 Å². The van der Waals surface area contributed by atoms with Crippen molar-refractivity contribution >= 4 is 27.7 Å². The predicted molar refractivity (Wildman–Crippen MR) is 125 cm³/mol. The molecule has 0 aliphatic rings. The molecule has 0 bridgehead atoms. The van der Waals surface area contributed by atoms with Gasteiger partial charge in [0.05, 0.1) is 12.6 Å². The summed E-state index contributed by atoms with van der Waals surface area (Å²) in [7, 11) is 0. The monoisotopic (exact) mass is 506 g/mol. The Labute approximate surface area is 197 Å². The number of halogens is 1.